The normalized spacial score (nSPS) is 14.6. The second-order valence-corrected chi connectivity index (χ2v) is 11.1. The van der Waals surface area contributed by atoms with Gasteiger partial charge in [-0.25, -0.2) is 4.57 Å². The fourth-order valence-corrected chi connectivity index (χ4v) is 3.61. The first kappa shape index (κ1) is 28.1. The predicted molar refractivity (Wildman–Crippen MR) is 117 cm³/mol. The Balaban J connectivity index is 3.44. The van der Waals surface area contributed by atoms with Gasteiger partial charge in [-0.2, -0.15) is 0 Å². The summed E-state index contributed by atoms with van der Waals surface area (Å²) in [4.78, 5) is 20.7. The zero-order chi connectivity index (χ0) is 21.1. The summed E-state index contributed by atoms with van der Waals surface area (Å²) in [5.74, 6) is -0.267. The minimum Gasteiger partial charge on any atom is -0.463 e. The maximum Gasteiger partial charge on any atom is 0.393 e. The zero-order valence-corrected chi connectivity index (χ0v) is 20.2. The molecule has 0 aromatic carbocycles. The zero-order valence-electron chi connectivity index (χ0n) is 17.7. The number of esters is 1. The molecule has 0 bridgehead atoms. The van der Waals surface area contributed by atoms with Crippen molar-refractivity contribution in [3.63, 3.8) is 0 Å². The van der Waals surface area contributed by atoms with Crippen molar-refractivity contribution < 1.29 is 28.3 Å². The average Bonchev–Trinajstić information content (AvgIpc) is 2.64. The molecule has 0 heterocycles. The van der Waals surface area contributed by atoms with E-state index in [0.29, 0.717) is 6.42 Å². The van der Waals surface area contributed by atoms with Crippen LogP contribution in [-0.2, 0) is 23.4 Å². The molecule has 0 amide bonds. The molecule has 168 valence electrons. The van der Waals surface area contributed by atoms with Crippen LogP contribution in [0.2, 0.25) is 0 Å². The highest BCUT2D eigenvalue weighted by Crippen LogP contribution is 2.50. The lowest BCUT2D eigenvalue weighted by Crippen LogP contribution is -2.25. The van der Waals surface area contributed by atoms with Crippen molar-refractivity contribution in [2.24, 2.45) is 0 Å². The molecule has 0 rings (SSSR count). The van der Waals surface area contributed by atoms with Crippen molar-refractivity contribution in [2.45, 2.75) is 103 Å². The number of halogens is 1. The molecule has 0 aliphatic rings. The Hall–Kier alpha value is 0.0600. The van der Waals surface area contributed by atoms with E-state index < -0.39 is 12.4 Å². The number of rotatable bonds is 20. The maximum atomic E-state index is 11.7. The van der Waals surface area contributed by atoms with E-state index in [2.05, 4.69) is 22.4 Å². The Kier molecular flexibility index (Phi) is 19.1. The predicted octanol–water partition coefficient (Wildman–Crippen LogP) is 6.54. The third-order valence-electron chi connectivity index (χ3n) is 4.67. The Bertz CT molecular complexity index is 416. The first-order chi connectivity index (χ1) is 13.4. The summed E-state index contributed by atoms with van der Waals surface area (Å²) in [6.07, 6.45) is 12.6. The van der Waals surface area contributed by atoms with Crippen LogP contribution in [0.3, 0.4) is 0 Å². The molecule has 0 aliphatic heterocycles. The van der Waals surface area contributed by atoms with Gasteiger partial charge in [0.1, 0.15) is 12.7 Å². The van der Waals surface area contributed by atoms with Crippen LogP contribution in [0.4, 0.5) is 0 Å². The molecule has 0 radical (unpaired) electrons. The monoisotopic (exact) mass is 486 g/mol. The Morgan fingerprint density at radius 2 is 1.36 bits per heavy atom. The smallest absolute Gasteiger partial charge is 0.393 e. The van der Waals surface area contributed by atoms with Gasteiger partial charge in [-0.1, -0.05) is 84.0 Å². The third-order valence-corrected chi connectivity index (χ3v) is 5.75. The van der Waals surface area contributed by atoms with Crippen molar-refractivity contribution in [1.82, 2.24) is 0 Å². The van der Waals surface area contributed by atoms with Gasteiger partial charge in [0.2, 0.25) is 0 Å². The first-order valence-electron chi connectivity index (χ1n) is 10.7. The number of carbonyl (C=O) groups is 1. The van der Waals surface area contributed by atoms with E-state index in [1.54, 1.807) is 0 Å². The number of unbranched alkanes of at least 4 members (excludes halogenated alkanes) is 12. The van der Waals surface area contributed by atoms with Crippen LogP contribution in [-0.4, -0.2) is 37.3 Å². The summed E-state index contributed by atoms with van der Waals surface area (Å²) in [5.41, 5.74) is 0. The van der Waals surface area contributed by atoms with Crippen LogP contribution < -0.4 is 0 Å². The van der Waals surface area contributed by atoms with Crippen LogP contribution in [0.15, 0.2) is 0 Å². The number of hydrogen-bond donors (Lipinski definition) is 1. The van der Waals surface area contributed by atoms with Crippen molar-refractivity contribution in [3.05, 3.63) is 0 Å². The highest BCUT2D eigenvalue weighted by Gasteiger charge is 2.18. The molecule has 28 heavy (non-hydrogen) atoms. The molecular weight excluding hydrogens is 447 g/mol. The highest BCUT2D eigenvalue weighted by atomic mass is 79.9. The summed E-state index contributed by atoms with van der Waals surface area (Å²) in [6, 6.07) is 0. The van der Waals surface area contributed by atoms with Gasteiger partial charge in [0.05, 0.1) is 6.61 Å². The van der Waals surface area contributed by atoms with E-state index in [0.717, 1.165) is 19.3 Å². The van der Waals surface area contributed by atoms with E-state index in [4.69, 9.17) is 18.9 Å². The molecule has 0 spiro atoms. The van der Waals surface area contributed by atoms with Gasteiger partial charge in [-0.3, -0.25) is 9.32 Å². The van der Waals surface area contributed by atoms with Gasteiger partial charge in [0, 0.05) is 29.0 Å². The fraction of sp³-hybridized carbons (Fsp3) is 0.950. The van der Waals surface area contributed by atoms with E-state index in [9.17, 15) is 9.36 Å². The number of ether oxygens (including phenoxy) is 2. The van der Waals surface area contributed by atoms with Crippen molar-refractivity contribution in [1.29, 1.82) is 0 Å². The molecule has 0 saturated heterocycles. The Morgan fingerprint density at radius 1 is 0.893 bits per heavy atom. The summed E-state index contributed by atoms with van der Waals surface area (Å²) >= 11 is 2.53. The maximum absolute atomic E-state index is 11.7. The summed E-state index contributed by atoms with van der Waals surface area (Å²) in [5, 5.41) is 0. The van der Waals surface area contributed by atoms with E-state index in [1.165, 1.54) is 71.3 Å². The van der Waals surface area contributed by atoms with Gasteiger partial charge in [-0.15, -0.1) is 0 Å². The molecule has 2 atom stereocenters. The lowest BCUT2D eigenvalue weighted by atomic mass is 10.0. The van der Waals surface area contributed by atoms with Gasteiger partial charge < -0.3 is 14.4 Å². The van der Waals surface area contributed by atoms with Crippen LogP contribution in [0.5, 0.6) is 0 Å². The van der Waals surface area contributed by atoms with Gasteiger partial charge in [0.25, 0.3) is 0 Å². The number of methoxy groups -OCH3 is 1. The second kappa shape index (κ2) is 19.0. The summed E-state index contributed by atoms with van der Waals surface area (Å²) in [6.45, 7) is 2.14. The van der Waals surface area contributed by atoms with E-state index in [1.807, 2.05) is 0 Å². The Morgan fingerprint density at radius 3 is 1.79 bits per heavy atom. The molecule has 0 aromatic heterocycles. The summed E-state index contributed by atoms with van der Waals surface area (Å²) in [7, 11) is 1.44. The van der Waals surface area contributed by atoms with E-state index >= 15 is 0 Å². The topological polar surface area (TPSA) is 82.1 Å². The Labute approximate surface area is 179 Å². The average molecular weight is 487 g/mol. The van der Waals surface area contributed by atoms with Gasteiger partial charge >= 0.3 is 12.3 Å². The second-order valence-electron chi connectivity index (χ2n) is 7.28. The minimum absolute atomic E-state index is 0.0147. The van der Waals surface area contributed by atoms with E-state index in [-0.39, 0.29) is 19.2 Å². The molecule has 0 aliphatic carbocycles. The fourth-order valence-electron chi connectivity index (χ4n) is 2.90. The third kappa shape index (κ3) is 20.8. The lowest BCUT2D eigenvalue weighted by Gasteiger charge is -2.16. The highest BCUT2D eigenvalue weighted by molar-refractivity contribution is 9.39. The molecule has 2 unspecified atom stereocenters. The summed E-state index contributed by atoms with van der Waals surface area (Å²) < 4.78 is 25.9. The quantitative estimate of drug-likeness (QED) is 0.119. The molecule has 8 heteroatoms. The largest absolute Gasteiger partial charge is 0.463 e. The molecule has 1 N–H and O–H groups in total. The lowest BCUT2D eigenvalue weighted by molar-refractivity contribution is -0.148. The molecular formula is C20H40BrO6P. The van der Waals surface area contributed by atoms with Crippen molar-refractivity contribution in [2.75, 3.05) is 20.3 Å². The SMILES string of the molecule is CCCCCCCCCCCCCCCC(=O)OCC(COP(=O)(O)Br)OC. The van der Waals surface area contributed by atoms with Crippen LogP contribution in [0, 0.1) is 0 Å². The molecule has 0 aromatic rings. The van der Waals surface area contributed by atoms with Crippen molar-refractivity contribution in [3.8, 4) is 0 Å². The number of carbonyl (C=O) groups excluding carboxylic acids is 1. The molecule has 0 fully saturated rings. The van der Waals surface area contributed by atoms with Gasteiger partial charge in [-0.05, 0) is 6.42 Å². The molecule has 6 nitrogen and oxygen atoms in total. The van der Waals surface area contributed by atoms with Gasteiger partial charge in [0.15, 0.2) is 0 Å². The van der Waals surface area contributed by atoms with Crippen LogP contribution in [0.25, 0.3) is 0 Å². The standard InChI is InChI=1S/C20H40BrO6P/c1-3-4-5-6-7-8-9-10-11-12-13-14-15-16-20(22)26-17-19(25-2)18-27-28(21,23)24/h19H,3-18H2,1-2H3,(H,23,24). The minimum atomic E-state index is -3.73. The van der Waals surface area contributed by atoms with Crippen LogP contribution in [0.1, 0.15) is 96.8 Å². The number of hydrogen-bond acceptors (Lipinski definition) is 5. The first-order valence-corrected chi connectivity index (χ1v) is 14.3. The van der Waals surface area contributed by atoms with Crippen LogP contribution >= 0.6 is 21.8 Å². The van der Waals surface area contributed by atoms with Crippen molar-refractivity contribution >= 4 is 27.8 Å². The molecule has 0 saturated carbocycles.